The molecule has 0 aliphatic heterocycles. The molecule has 0 fully saturated rings. The molecule has 1 amide bonds. The average Bonchev–Trinajstić information content (AvgIpc) is 2.59. The van der Waals surface area contributed by atoms with Crippen molar-refractivity contribution in [1.29, 1.82) is 0 Å². The fourth-order valence-electron chi connectivity index (χ4n) is 3.00. The van der Waals surface area contributed by atoms with Gasteiger partial charge in [-0.3, -0.25) is 14.9 Å². The normalized spacial score (nSPS) is 12.0. The van der Waals surface area contributed by atoms with Crippen LogP contribution in [0, 0.1) is 29.9 Å². The topological polar surface area (TPSA) is 88.9 Å². The van der Waals surface area contributed by atoms with Crippen LogP contribution in [0.25, 0.3) is 0 Å². The van der Waals surface area contributed by atoms with Crippen molar-refractivity contribution in [2.45, 2.75) is 33.7 Å². The number of nitro groups is 1. The van der Waals surface area contributed by atoms with Gasteiger partial charge < -0.3 is 10.6 Å². The van der Waals surface area contributed by atoms with Crippen LogP contribution < -0.4 is 10.6 Å². The average molecular weight is 356 g/mol. The zero-order valence-corrected chi connectivity index (χ0v) is 15.7. The van der Waals surface area contributed by atoms with Crippen LogP contribution in [0.2, 0.25) is 0 Å². The lowest BCUT2D eigenvalue weighted by molar-refractivity contribution is -0.692. The van der Waals surface area contributed by atoms with E-state index in [9.17, 15) is 14.9 Å². The van der Waals surface area contributed by atoms with Crippen LogP contribution in [0.3, 0.4) is 0 Å². The van der Waals surface area contributed by atoms with E-state index in [0.29, 0.717) is 5.92 Å². The molecule has 26 heavy (non-hydrogen) atoms. The van der Waals surface area contributed by atoms with Gasteiger partial charge in [0, 0.05) is 17.5 Å². The van der Waals surface area contributed by atoms with Crippen molar-refractivity contribution in [2.75, 3.05) is 11.9 Å². The standard InChI is InChI=1S/C20H25N3O3/c1-13(2)19(16-8-6-5-7-9-16)21-12-18(24)22-20-15(4)14(3)10-11-17(20)23(25)26/h5-11,13,19,21H,12H2,1-4H3,(H,22,24)/p+1/t19-/m1/s1. The van der Waals surface area contributed by atoms with Gasteiger partial charge in [-0.05, 0) is 25.0 Å². The van der Waals surface area contributed by atoms with Gasteiger partial charge >= 0.3 is 0 Å². The van der Waals surface area contributed by atoms with Crippen molar-refractivity contribution in [1.82, 2.24) is 0 Å². The van der Waals surface area contributed by atoms with Gasteiger partial charge in [0.15, 0.2) is 6.54 Å². The number of quaternary nitrogens is 1. The summed E-state index contributed by atoms with van der Waals surface area (Å²) in [7, 11) is 0. The predicted octanol–water partition coefficient (Wildman–Crippen LogP) is 3.11. The third-order valence-electron chi connectivity index (χ3n) is 4.63. The highest BCUT2D eigenvalue weighted by Crippen LogP contribution is 2.30. The molecule has 0 heterocycles. The summed E-state index contributed by atoms with van der Waals surface area (Å²) in [5.74, 6) is 0.101. The quantitative estimate of drug-likeness (QED) is 0.590. The minimum Gasteiger partial charge on any atom is -0.332 e. The van der Waals surface area contributed by atoms with Crippen molar-refractivity contribution in [2.24, 2.45) is 5.92 Å². The first-order valence-corrected chi connectivity index (χ1v) is 8.74. The summed E-state index contributed by atoms with van der Waals surface area (Å²) in [6.45, 7) is 8.07. The molecule has 0 saturated carbocycles. The van der Waals surface area contributed by atoms with Crippen LogP contribution in [-0.2, 0) is 4.79 Å². The molecule has 0 aromatic heterocycles. The van der Waals surface area contributed by atoms with Gasteiger partial charge in [0.05, 0.1) is 4.92 Å². The molecule has 2 rings (SSSR count). The highest BCUT2D eigenvalue weighted by molar-refractivity contribution is 5.94. The van der Waals surface area contributed by atoms with Gasteiger partial charge in [0.25, 0.3) is 11.6 Å². The first-order chi connectivity index (χ1) is 12.3. The Morgan fingerprint density at radius 2 is 1.81 bits per heavy atom. The van der Waals surface area contributed by atoms with Gasteiger partial charge in [-0.1, -0.05) is 50.2 Å². The Morgan fingerprint density at radius 1 is 1.15 bits per heavy atom. The molecule has 0 saturated heterocycles. The number of carbonyl (C=O) groups is 1. The number of rotatable bonds is 7. The van der Waals surface area contributed by atoms with E-state index in [1.165, 1.54) is 6.07 Å². The molecular formula is C20H26N3O3+. The number of hydrogen-bond donors (Lipinski definition) is 2. The lowest BCUT2D eigenvalue weighted by Crippen LogP contribution is -2.88. The highest BCUT2D eigenvalue weighted by atomic mass is 16.6. The summed E-state index contributed by atoms with van der Waals surface area (Å²) in [4.78, 5) is 23.2. The summed E-state index contributed by atoms with van der Waals surface area (Å²) in [6, 6.07) is 13.3. The van der Waals surface area contributed by atoms with E-state index < -0.39 is 4.92 Å². The first-order valence-electron chi connectivity index (χ1n) is 8.74. The third kappa shape index (κ3) is 4.67. The maximum atomic E-state index is 12.4. The van der Waals surface area contributed by atoms with E-state index in [2.05, 4.69) is 31.3 Å². The lowest BCUT2D eigenvalue weighted by atomic mass is 9.96. The molecule has 0 radical (unpaired) electrons. The molecule has 0 aliphatic carbocycles. The van der Waals surface area contributed by atoms with Crippen molar-refractivity contribution in [3.05, 3.63) is 69.3 Å². The fourth-order valence-corrected chi connectivity index (χ4v) is 3.00. The maximum absolute atomic E-state index is 12.4. The Morgan fingerprint density at radius 3 is 2.38 bits per heavy atom. The Labute approximate surface area is 153 Å². The van der Waals surface area contributed by atoms with Crippen LogP contribution in [-0.4, -0.2) is 17.4 Å². The molecule has 0 aliphatic rings. The number of aryl methyl sites for hydroxylation is 1. The number of carbonyl (C=O) groups excluding carboxylic acids is 1. The molecule has 3 N–H and O–H groups in total. The molecule has 2 aromatic rings. The SMILES string of the molecule is Cc1ccc([N+](=O)[O-])c(NC(=O)C[NH2+][C@@H](c2ccccc2)C(C)C)c1C. The predicted molar refractivity (Wildman–Crippen MR) is 102 cm³/mol. The van der Waals surface area contributed by atoms with Gasteiger partial charge in [-0.25, -0.2) is 0 Å². The first kappa shape index (κ1) is 19.6. The molecule has 6 nitrogen and oxygen atoms in total. The van der Waals surface area contributed by atoms with Crippen LogP contribution in [0.5, 0.6) is 0 Å². The highest BCUT2D eigenvalue weighted by Gasteiger charge is 2.23. The Hall–Kier alpha value is -2.73. The van der Waals surface area contributed by atoms with Gasteiger partial charge in [0.1, 0.15) is 11.7 Å². The molecule has 0 bridgehead atoms. The summed E-state index contributed by atoms with van der Waals surface area (Å²) < 4.78 is 0. The molecule has 138 valence electrons. The number of anilines is 1. The van der Waals surface area contributed by atoms with E-state index in [0.717, 1.165) is 16.7 Å². The van der Waals surface area contributed by atoms with E-state index in [1.807, 2.05) is 30.4 Å². The minimum atomic E-state index is -0.466. The smallest absolute Gasteiger partial charge is 0.293 e. The second kappa shape index (κ2) is 8.58. The van der Waals surface area contributed by atoms with E-state index in [-0.39, 0.29) is 29.9 Å². The summed E-state index contributed by atoms with van der Waals surface area (Å²) in [5, 5.41) is 16.0. The Balaban J connectivity index is 2.12. The number of nitrogens with one attached hydrogen (secondary N) is 1. The number of nitrogens with zero attached hydrogens (tertiary/aromatic N) is 1. The summed E-state index contributed by atoms with van der Waals surface area (Å²) in [6.07, 6.45) is 0. The zero-order valence-electron chi connectivity index (χ0n) is 15.7. The molecule has 2 aromatic carbocycles. The van der Waals surface area contributed by atoms with Crippen LogP contribution >= 0.6 is 0 Å². The lowest BCUT2D eigenvalue weighted by Gasteiger charge is -2.19. The number of nitro benzene ring substituents is 1. The Bertz CT molecular complexity index is 788. The molecular weight excluding hydrogens is 330 g/mol. The third-order valence-corrected chi connectivity index (χ3v) is 4.63. The number of benzene rings is 2. The molecule has 0 spiro atoms. The van der Waals surface area contributed by atoms with Gasteiger partial charge in [0.2, 0.25) is 0 Å². The van der Waals surface area contributed by atoms with Crippen LogP contribution in [0.4, 0.5) is 11.4 Å². The number of hydrogen-bond acceptors (Lipinski definition) is 3. The van der Waals surface area contributed by atoms with Gasteiger partial charge in [-0.2, -0.15) is 0 Å². The zero-order chi connectivity index (χ0) is 19.3. The van der Waals surface area contributed by atoms with Crippen LogP contribution in [0.15, 0.2) is 42.5 Å². The number of amides is 1. The van der Waals surface area contributed by atoms with E-state index in [1.54, 1.807) is 13.0 Å². The summed E-state index contributed by atoms with van der Waals surface area (Å²) in [5.41, 5.74) is 2.99. The molecule has 1 atom stereocenters. The maximum Gasteiger partial charge on any atom is 0.293 e. The molecule has 6 heteroatoms. The summed E-state index contributed by atoms with van der Waals surface area (Å²) >= 11 is 0. The largest absolute Gasteiger partial charge is 0.332 e. The molecule has 0 unspecified atom stereocenters. The minimum absolute atomic E-state index is 0.0788. The second-order valence-electron chi connectivity index (χ2n) is 6.83. The van der Waals surface area contributed by atoms with E-state index in [4.69, 9.17) is 0 Å². The van der Waals surface area contributed by atoms with Crippen molar-refractivity contribution in [3.63, 3.8) is 0 Å². The van der Waals surface area contributed by atoms with Crippen molar-refractivity contribution in [3.8, 4) is 0 Å². The van der Waals surface area contributed by atoms with E-state index >= 15 is 0 Å². The van der Waals surface area contributed by atoms with Crippen LogP contribution in [0.1, 0.15) is 36.6 Å². The second-order valence-corrected chi connectivity index (χ2v) is 6.83. The Kier molecular flexibility index (Phi) is 6.46. The van der Waals surface area contributed by atoms with Crippen molar-refractivity contribution >= 4 is 17.3 Å². The van der Waals surface area contributed by atoms with Gasteiger partial charge in [-0.15, -0.1) is 0 Å². The number of nitrogens with two attached hydrogens (primary N) is 1. The fraction of sp³-hybridized carbons (Fsp3) is 0.350. The monoisotopic (exact) mass is 356 g/mol. The van der Waals surface area contributed by atoms with Crippen molar-refractivity contribution < 1.29 is 15.0 Å².